The first kappa shape index (κ1) is 22.7. The molecule has 33 heavy (non-hydrogen) atoms. The third-order valence-electron chi connectivity index (χ3n) is 5.89. The van der Waals surface area contributed by atoms with E-state index in [0.29, 0.717) is 16.8 Å². The molecule has 4 rings (SSSR count). The molecule has 2 aliphatic rings. The number of halogens is 1. The van der Waals surface area contributed by atoms with E-state index in [0.717, 1.165) is 32.0 Å². The Bertz CT molecular complexity index is 1050. The Morgan fingerprint density at radius 1 is 1.09 bits per heavy atom. The van der Waals surface area contributed by atoms with Crippen molar-refractivity contribution in [3.8, 4) is 0 Å². The summed E-state index contributed by atoms with van der Waals surface area (Å²) in [6, 6.07) is 13.4. The van der Waals surface area contributed by atoms with Crippen LogP contribution in [0.3, 0.4) is 0 Å². The maximum Gasteiger partial charge on any atom is 0.414 e. The molecule has 0 bridgehead atoms. The fraction of sp³-hybridized carbons (Fsp3) is 0.320. The van der Waals surface area contributed by atoms with Crippen LogP contribution in [0, 0.1) is 5.82 Å². The number of nitrogens with one attached hydrogen (secondary N) is 2. The molecule has 0 saturated carbocycles. The van der Waals surface area contributed by atoms with E-state index in [-0.39, 0.29) is 30.6 Å². The highest BCUT2D eigenvalue weighted by Crippen LogP contribution is 2.36. The van der Waals surface area contributed by atoms with Gasteiger partial charge in [0.25, 0.3) is 0 Å². The lowest BCUT2D eigenvalue weighted by molar-refractivity contribution is -0.116. The molecule has 2 saturated heterocycles. The minimum absolute atomic E-state index is 0.0290. The molecule has 1 unspecified atom stereocenters. The van der Waals surface area contributed by atoms with Crippen molar-refractivity contribution in [1.82, 2.24) is 10.6 Å². The maximum atomic E-state index is 14.7. The molecule has 172 valence electrons. The Labute approximate surface area is 191 Å². The van der Waals surface area contributed by atoms with E-state index in [2.05, 4.69) is 10.6 Å². The lowest BCUT2D eigenvalue weighted by Crippen LogP contribution is -2.34. The maximum absolute atomic E-state index is 14.7. The van der Waals surface area contributed by atoms with Gasteiger partial charge in [0.15, 0.2) is 5.78 Å². The lowest BCUT2D eigenvalue weighted by atomic mass is 9.88. The fourth-order valence-electron chi connectivity index (χ4n) is 4.22. The Kier molecular flexibility index (Phi) is 7.14. The fourth-order valence-corrected chi connectivity index (χ4v) is 4.22. The summed E-state index contributed by atoms with van der Waals surface area (Å²) in [6.45, 7) is 1.89. The SMILES string of the molecule is O=C(C=CC(=O)c1ccccc1)NCC1CN(c2cccc(F)c2C2CCNCC2)C(=O)O1. The van der Waals surface area contributed by atoms with Crippen LogP contribution in [0.25, 0.3) is 0 Å². The zero-order chi connectivity index (χ0) is 23.2. The number of piperidine rings is 1. The van der Waals surface area contributed by atoms with Crippen molar-refractivity contribution in [3.63, 3.8) is 0 Å². The number of allylic oxidation sites excluding steroid dienone is 1. The van der Waals surface area contributed by atoms with Gasteiger partial charge in [-0.15, -0.1) is 0 Å². The summed E-state index contributed by atoms with van der Waals surface area (Å²) in [4.78, 5) is 38.2. The van der Waals surface area contributed by atoms with Crippen LogP contribution in [-0.4, -0.2) is 50.1 Å². The van der Waals surface area contributed by atoms with E-state index < -0.39 is 18.1 Å². The first-order chi connectivity index (χ1) is 16.0. The molecule has 2 fully saturated rings. The number of cyclic esters (lactones) is 1. The number of carbonyl (C=O) groups is 3. The average Bonchev–Trinajstić information content (AvgIpc) is 3.22. The number of carbonyl (C=O) groups excluding carboxylic acids is 3. The van der Waals surface area contributed by atoms with Crippen LogP contribution in [-0.2, 0) is 9.53 Å². The molecule has 7 nitrogen and oxygen atoms in total. The summed E-state index contributed by atoms with van der Waals surface area (Å²) in [7, 11) is 0. The van der Waals surface area contributed by atoms with Crippen LogP contribution >= 0.6 is 0 Å². The first-order valence-electron chi connectivity index (χ1n) is 11.1. The smallest absolute Gasteiger partial charge is 0.414 e. The van der Waals surface area contributed by atoms with Gasteiger partial charge < -0.3 is 15.4 Å². The molecule has 0 spiro atoms. The first-order valence-corrected chi connectivity index (χ1v) is 11.1. The number of anilines is 1. The van der Waals surface area contributed by atoms with Gasteiger partial charge in [0.2, 0.25) is 5.91 Å². The molecule has 2 aliphatic heterocycles. The molecule has 2 aromatic rings. The zero-order valence-corrected chi connectivity index (χ0v) is 18.1. The monoisotopic (exact) mass is 451 g/mol. The summed E-state index contributed by atoms with van der Waals surface area (Å²) < 4.78 is 20.1. The second-order valence-corrected chi connectivity index (χ2v) is 8.12. The number of ketones is 1. The molecule has 2 N–H and O–H groups in total. The molecule has 1 atom stereocenters. The number of ether oxygens (including phenoxy) is 1. The second-order valence-electron chi connectivity index (χ2n) is 8.12. The third-order valence-corrected chi connectivity index (χ3v) is 5.89. The molecular weight excluding hydrogens is 425 g/mol. The number of hydrogen-bond acceptors (Lipinski definition) is 5. The van der Waals surface area contributed by atoms with E-state index in [4.69, 9.17) is 4.74 Å². The van der Waals surface area contributed by atoms with Gasteiger partial charge in [-0.2, -0.15) is 0 Å². The van der Waals surface area contributed by atoms with Crippen LogP contribution in [0.5, 0.6) is 0 Å². The van der Waals surface area contributed by atoms with Crippen molar-refractivity contribution in [2.24, 2.45) is 0 Å². The van der Waals surface area contributed by atoms with Gasteiger partial charge in [0.1, 0.15) is 11.9 Å². The van der Waals surface area contributed by atoms with Crippen LogP contribution in [0.4, 0.5) is 14.9 Å². The summed E-state index contributed by atoms with van der Waals surface area (Å²) >= 11 is 0. The number of benzene rings is 2. The van der Waals surface area contributed by atoms with E-state index in [1.165, 1.54) is 17.0 Å². The third kappa shape index (κ3) is 5.46. The van der Waals surface area contributed by atoms with E-state index in [9.17, 15) is 18.8 Å². The van der Waals surface area contributed by atoms with Crippen LogP contribution < -0.4 is 15.5 Å². The quantitative estimate of drug-likeness (QED) is 0.499. The second kappa shape index (κ2) is 10.4. The summed E-state index contributed by atoms with van der Waals surface area (Å²) in [6.07, 6.45) is 2.81. The highest BCUT2D eigenvalue weighted by Gasteiger charge is 2.35. The van der Waals surface area contributed by atoms with Crippen molar-refractivity contribution in [3.05, 3.63) is 77.6 Å². The molecule has 0 aliphatic carbocycles. The Morgan fingerprint density at radius 2 is 1.85 bits per heavy atom. The standard InChI is InChI=1S/C25H26FN3O4/c26-20-7-4-8-21(24(20)18-11-13-27-14-12-18)29-16-19(33-25(29)32)15-28-23(31)10-9-22(30)17-5-2-1-3-6-17/h1-10,18-19,27H,11-16H2,(H,28,31). The highest BCUT2D eigenvalue weighted by molar-refractivity contribution is 6.07. The summed E-state index contributed by atoms with van der Waals surface area (Å²) in [5, 5.41) is 5.92. The molecular formula is C25H26FN3O4. The van der Waals surface area contributed by atoms with Gasteiger partial charge in [0, 0.05) is 17.2 Å². The summed E-state index contributed by atoms with van der Waals surface area (Å²) in [5.74, 6) is -1.03. The minimum atomic E-state index is -0.580. The molecule has 0 aromatic heterocycles. The van der Waals surface area contributed by atoms with Gasteiger partial charge in [-0.3, -0.25) is 14.5 Å². The van der Waals surface area contributed by atoms with Gasteiger partial charge in [-0.25, -0.2) is 9.18 Å². The topological polar surface area (TPSA) is 87.7 Å². The van der Waals surface area contributed by atoms with Gasteiger partial charge >= 0.3 is 6.09 Å². The van der Waals surface area contributed by atoms with Gasteiger partial charge in [-0.1, -0.05) is 36.4 Å². The van der Waals surface area contributed by atoms with Crippen molar-refractivity contribution in [2.45, 2.75) is 24.9 Å². The predicted molar refractivity (Wildman–Crippen MR) is 122 cm³/mol. The van der Waals surface area contributed by atoms with Crippen molar-refractivity contribution in [1.29, 1.82) is 0 Å². The normalized spacial score (nSPS) is 19.0. The number of hydrogen-bond donors (Lipinski definition) is 2. The number of amides is 2. The van der Waals surface area contributed by atoms with Gasteiger partial charge in [-0.05, 0) is 50.1 Å². The average molecular weight is 451 g/mol. The molecule has 0 radical (unpaired) electrons. The molecule has 8 heteroatoms. The lowest BCUT2D eigenvalue weighted by Gasteiger charge is -2.27. The Morgan fingerprint density at radius 3 is 2.61 bits per heavy atom. The Hall–Kier alpha value is -3.52. The molecule has 2 aromatic carbocycles. The largest absolute Gasteiger partial charge is 0.442 e. The van der Waals surface area contributed by atoms with Crippen LogP contribution in [0.1, 0.15) is 34.7 Å². The Balaban J connectivity index is 1.36. The van der Waals surface area contributed by atoms with Crippen molar-refractivity contribution < 1.29 is 23.5 Å². The molecule has 2 amide bonds. The minimum Gasteiger partial charge on any atom is -0.442 e. The van der Waals surface area contributed by atoms with E-state index in [1.807, 2.05) is 0 Å². The zero-order valence-electron chi connectivity index (χ0n) is 18.1. The van der Waals surface area contributed by atoms with Crippen molar-refractivity contribution >= 4 is 23.5 Å². The summed E-state index contributed by atoms with van der Waals surface area (Å²) in [5.41, 5.74) is 1.55. The van der Waals surface area contributed by atoms with Crippen molar-refractivity contribution in [2.75, 3.05) is 31.1 Å². The van der Waals surface area contributed by atoms with Crippen LogP contribution in [0.2, 0.25) is 0 Å². The predicted octanol–water partition coefficient (Wildman–Crippen LogP) is 3.17. The molecule has 2 heterocycles. The van der Waals surface area contributed by atoms with E-state index >= 15 is 0 Å². The highest BCUT2D eigenvalue weighted by atomic mass is 19.1. The van der Waals surface area contributed by atoms with Gasteiger partial charge in [0.05, 0.1) is 18.8 Å². The van der Waals surface area contributed by atoms with E-state index in [1.54, 1.807) is 42.5 Å². The van der Waals surface area contributed by atoms with Crippen LogP contribution in [0.15, 0.2) is 60.7 Å². The number of nitrogens with zero attached hydrogens (tertiary/aromatic N) is 1. The number of rotatable bonds is 7.